The molecule has 0 fully saturated rings. The predicted octanol–water partition coefficient (Wildman–Crippen LogP) is 5.24. The topological polar surface area (TPSA) is 42.6 Å². The lowest BCUT2D eigenvalue weighted by molar-refractivity contribution is 0.0981. The van der Waals surface area contributed by atoms with Crippen LogP contribution in [0, 0.1) is 0 Å². The van der Waals surface area contributed by atoms with Crippen molar-refractivity contribution in [2.75, 3.05) is 0 Å². The highest BCUT2D eigenvalue weighted by Crippen LogP contribution is 2.21. The molecule has 1 aromatic heterocycles. The van der Waals surface area contributed by atoms with E-state index in [0.717, 1.165) is 18.4 Å². The lowest BCUT2D eigenvalue weighted by Gasteiger charge is -2.05. The number of aliphatic imine (C=N–C) groups is 1. The number of hydrogen-bond acceptors (Lipinski definition) is 3. The zero-order valence-corrected chi connectivity index (χ0v) is 13.4. The van der Waals surface area contributed by atoms with E-state index < -0.39 is 0 Å². The van der Waals surface area contributed by atoms with Gasteiger partial charge in [-0.25, -0.2) is 0 Å². The standard InChI is InChI=1S/C21H19NO2/c23-21(12-6-9-17-7-2-1-3-8-17)19-10-4-5-11-20(19)22-15-18-13-14-24-16-18/h1-5,7-8,10-11,13-16H,6,9,12H2. The molecule has 0 bridgehead atoms. The van der Waals surface area contributed by atoms with Crippen LogP contribution in [0.4, 0.5) is 5.69 Å². The smallest absolute Gasteiger partial charge is 0.165 e. The molecule has 0 aliphatic heterocycles. The molecule has 3 heteroatoms. The van der Waals surface area contributed by atoms with Crippen molar-refractivity contribution in [3.8, 4) is 0 Å². The number of nitrogens with zero attached hydrogens (tertiary/aromatic N) is 1. The van der Waals surface area contributed by atoms with E-state index in [-0.39, 0.29) is 5.78 Å². The SMILES string of the molecule is O=C(CCCc1ccccc1)c1ccccc1N=Cc1ccoc1. The third-order valence-corrected chi connectivity index (χ3v) is 3.81. The van der Waals surface area contributed by atoms with Crippen molar-refractivity contribution in [3.63, 3.8) is 0 Å². The molecular formula is C21H19NO2. The number of carbonyl (C=O) groups is 1. The van der Waals surface area contributed by atoms with Crippen molar-refractivity contribution < 1.29 is 9.21 Å². The molecule has 0 amide bonds. The second-order valence-electron chi connectivity index (χ2n) is 5.59. The molecule has 2 aromatic carbocycles. The minimum atomic E-state index is 0.130. The molecule has 0 N–H and O–H groups in total. The minimum absolute atomic E-state index is 0.130. The molecule has 0 unspecified atom stereocenters. The number of rotatable bonds is 7. The molecule has 24 heavy (non-hydrogen) atoms. The average molecular weight is 317 g/mol. The van der Waals surface area contributed by atoms with Crippen molar-refractivity contribution in [1.82, 2.24) is 0 Å². The first-order valence-electron chi connectivity index (χ1n) is 8.05. The average Bonchev–Trinajstić information content (AvgIpc) is 3.14. The monoisotopic (exact) mass is 317 g/mol. The molecule has 0 aliphatic rings. The molecule has 3 aromatic rings. The Hall–Kier alpha value is -2.94. The van der Waals surface area contributed by atoms with E-state index in [1.54, 1.807) is 18.7 Å². The molecule has 0 atom stereocenters. The molecule has 1 heterocycles. The summed E-state index contributed by atoms with van der Waals surface area (Å²) >= 11 is 0. The van der Waals surface area contributed by atoms with Crippen molar-refractivity contribution in [2.45, 2.75) is 19.3 Å². The van der Waals surface area contributed by atoms with Gasteiger partial charge in [0.1, 0.15) is 0 Å². The summed E-state index contributed by atoms with van der Waals surface area (Å²) in [5, 5.41) is 0. The summed E-state index contributed by atoms with van der Waals surface area (Å²) in [6.45, 7) is 0. The van der Waals surface area contributed by atoms with Gasteiger partial charge < -0.3 is 4.42 Å². The Kier molecular flexibility index (Phi) is 5.36. The Bertz CT molecular complexity index is 805. The van der Waals surface area contributed by atoms with Crippen LogP contribution in [0.5, 0.6) is 0 Å². The number of furan rings is 1. The van der Waals surface area contributed by atoms with Gasteiger partial charge >= 0.3 is 0 Å². The summed E-state index contributed by atoms with van der Waals surface area (Å²) < 4.78 is 5.02. The largest absolute Gasteiger partial charge is 0.472 e. The third kappa shape index (κ3) is 4.29. The first-order valence-corrected chi connectivity index (χ1v) is 8.05. The Morgan fingerprint density at radius 1 is 1.00 bits per heavy atom. The molecule has 3 rings (SSSR count). The minimum Gasteiger partial charge on any atom is -0.472 e. The van der Waals surface area contributed by atoms with Gasteiger partial charge in [0, 0.05) is 23.8 Å². The van der Waals surface area contributed by atoms with Crippen molar-refractivity contribution >= 4 is 17.7 Å². The van der Waals surface area contributed by atoms with E-state index in [4.69, 9.17) is 4.42 Å². The van der Waals surface area contributed by atoms with Gasteiger partial charge in [0.15, 0.2) is 5.78 Å². The number of para-hydroxylation sites is 1. The second kappa shape index (κ2) is 8.06. The van der Waals surface area contributed by atoms with E-state index in [1.807, 2.05) is 48.5 Å². The zero-order chi connectivity index (χ0) is 16.6. The molecule has 0 radical (unpaired) electrons. The van der Waals surface area contributed by atoms with Gasteiger partial charge in [0.05, 0.1) is 18.2 Å². The molecule has 0 saturated heterocycles. The quantitative estimate of drug-likeness (QED) is 0.442. The molecule has 120 valence electrons. The van der Waals surface area contributed by atoms with Crippen molar-refractivity contribution in [1.29, 1.82) is 0 Å². The van der Waals surface area contributed by atoms with Gasteiger partial charge in [0.2, 0.25) is 0 Å². The van der Waals surface area contributed by atoms with Gasteiger partial charge in [-0.2, -0.15) is 0 Å². The normalized spacial score (nSPS) is 11.0. The maximum absolute atomic E-state index is 12.5. The van der Waals surface area contributed by atoms with Crippen LogP contribution in [0.15, 0.2) is 82.6 Å². The second-order valence-corrected chi connectivity index (χ2v) is 5.59. The number of hydrogen-bond donors (Lipinski definition) is 0. The van der Waals surface area contributed by atoms with Crippen LogP contribution >= 0.6 is 0 Å². The van der Waals surface area contributed by atoms with Gasteiger partial charge in [-0.15, -0.1) is 0 Å². The molecule has 3 nitrogen and oxygen atoms in total. The maximum Gasteiger partial charge on any atom is 0.165 e. The molecular weight excluding hydrogens is 298 g/mol. The van der Waals surface area contributed by atoms with Crippen LogP contribution in [0.25, 0.3) is 0 Å². The fraction of sp³-hybridized carbons (Fsp3) is 0.143. The number of carbonyl (C=O) groups excluding carboxylic acids is 1. The third-order valence-electron chi connectivity index (χ3n) is 3.81. The highest BCUT2D eigenvalue weighted by Gasteiger charge is 2.10. The summed E-state index contributed by atoms with van der Waals surface area (Å²) in [4.78, 5) is 17.0. The van der Waals surface area contributed by atoms with E-state index in [9.17, 15) is 4.79 Å². The summed E-state index contributed by atoms with van der Waals surface area (Å²) in [5.41, 5.74) is 3.51. The van der Waals surface area contributed by atoms with Gasteiger partial charge in [-0.1, -0.05) is 42.5 Å². The highest BCUT2D eigenvalue weighted by atomic mass is 16.3. The Morgan fingerprint density at radius 3 is 2.58 bits per heavy atom. The van der Waals surface area contributed by atoms with Crippen LogP contribution < -0.4 is 0 Å². The number of benzene rings is 2. The Balaban J connectivity index is 1.64. The van der Waals surface area contributed by atoms with E-state index in [0.29, 0.717) is 17.7 Å². The highest BCUT2D eigenvalue weighted by molar-refractivity contribution is 6.01. The van der Waals surface area contributed by atoms with Gasteiger partial charge in [0.25, 0.3) is 0 Å². The van der Waals surface area contributed by atoms with Crippen LogP contribution in [0.1, 0.15) is 34.3 Å². The Morgan fingerprint density at radius 2 is 1.79 bits per heavy atom. The first-order chi connectivity index (χ1) is 11.8. The number of Topliss-reactive ketones (excluding diaryl/α,β-unsaturated/α-hetero) is 1. The van der Waals surface area contributed by atoms with Gasteiger partial charge in [-0.3, -0.25) is 9.79 Å². The molecule has 0 spiro atoms. The number of ketones is 1. The summed E-state index contributed by atoms with van der Waals surface area (Å²) in [6.07, 6.45) is 7.19. The van der Waals surface area contributed by atoms with Crippen LogP contribution in [0.3, 0.4) is 0 Å². The summed E-state index contributed by atoms with van der Waals surface area (Å²) in [5.74, 6) is 0.130. The lowest BCUT2D eigenvalue weighted by Crippen LogP contribution is -2.00. The zero-order valence-electron chi connectivity index (χ0n) is 13.4. The van der Waals surface area contributed by atoms with Crippen LogP contribution in [-0.2, 0) is 6.42 Å². The predicted molar refractivity (Wildman–Crippen MR) is 96.1 cm³/mol. The molecule has 0 saturated carbocycles. The van der Waals surface area contributed by atoms with E-state index in [2.05, 4.69) is 17.1 Å². The molecule has 0 aliphatic carbocycles. The Labute approximate surface area is 141 Å². The first kappa shape index (κ1) is 15.9. The summed E-state index contributed by atoms with van der Waals surface area (Å²) in [7, 11) is 0. The maximum atomic E-state index is 12.5. The summed E-state index contributed by atoms with van der Waals surface area (Å²) in [6, 6.07) is 19.5. The fourth-order valence-corrected chi connectivity index (χ4v) is 2.55. The van der Waals surface area contributed by atoms with Crippen molar-refractivity contribution in [3.05, 3.63) is 89.9 Å². The number of aryl methyl sites for hydroxylation is 1. The van der Waals surface area contributed by atoms with Crippen LogP contribution in [0.2, 0.25) is 0 Å². The van der Waals surface area contributed by atoms with Crippen molar-refractivity contribution in [2.24, 2.45) is 4.99 Å². The van der Waals surface area contributed by atoms with Crippen LogP contribution in [-0.4, -0.2) is 12.0 Å². The lowest BCUT2D eigenvalue weighted by atomic mass is 10.0. The van der Waals surface area contributed by atoms with E-state index in [1.165, 1.54) is 5.56 Å². The van der Waals surface area contributed by atoms with Gasteiger partial charge in [-0.05, 0) is 36.6 Å². The fourth-order valence-electron chi connectivity index (χ4n) is 2.55. The van der Waals surface area contributed by atoms with E-state index >= 15 is 0 Å².